The second kappa shape index (κ2) is 59.6. The first kappa shape index (κ1) is 132. The van der Waals surface area contributed by atoms with Gasteiger partial charge in [0.1, 0.15) is 0 Å². The first-order chi connectivity index (χ1) is 47.7. The molecule has 0 saturated heterocycles. The first-order valence-electron chi connectivity index (χ1n) is 42.9. The largest absolute Gasteiger partial charge is 4.00 e. The quantitative estimate of drug-likeness (QED) is 0.0879. The number of allylic oxidation sites excluding steroid dienone is 24. The van der Waals surface area contributed by atoms with Crippen molar-refractivity contribution in [2.24, 2.45) is 107 Å². The fourth-order valence-corrected chi connectivity index (χ4v) is 53.4. The average molecular weight is 2080 g/mol. The molecule has 16 aliphatic rings. The maximum Gasteiger partial charge on any atom is 4.00 e. The zero-order valence-electron chi connectivity index (χ0n) is 81.8. The molecule has 118 heavy (non-hydrogen) atoms. The molecule has 0 aromatic heterocycles. The van der Waals surface area contributed by atoms with Crippen molar-refractivity contribution in [2.75, 3.05) is 0 Å². The summed E-state index contributed by atoms with van der Waals surface area (Å²) < 4.78 is 0. The molecule has 0 aliphatic heterocycles. The second-order valence-corrected chi connectivity index (χ2v) is 58.3. The third-order valence-corrected chi connectivity index (χ3v) is 55.4. The van der Waals surface area contributed by atoms with E-state index in [4.69, 9.17) is 0 Å². The summed E-state index contributed by atoms with van der Waals surface area (Å²) in [6.45, 7) is 24.0. The molecule has 0 heterocycles. The van der Waals surface area contributed by atoms with Gasteiger partial charge in [0.2, 0.25) is 0 Å². The van der Waals surface area contributed by atoms with Crippen LogP contribution in [-0.2, 0) is 104 Å². The molecular formula is C110H188HfSi4Zr3. The number of benzene rings is 1. The normalized spacial score (nSPS) is 35.0. The Balaban J connectivity index is -0.000000267. The first-order valence-corrected chi connectivity index (χ1v) is 54.7. The van der Waals surface area contributed by atoms with Crippen LogP contribution in [0.25, 0.3) is 0 Å². The van der Waals surface area contributed by atoms with E-state index in [0.29, 0.717) is 0 Å². The number of rotatable bonds is 16. The van der Waals surface area contributed by atoms with Crippen LogP contribution < -0.4 is 5.19 Å². The van der Waals surface area contributed by atoms with Crippen LogP contribution in [0, 0.1) is 225 Å². The Labute approximate surface area is 824 Å². The summed E-state index contributed by atoms with van der Waals surface area (Å²) in [6.07, 6.45) is 100. The molecule has 0 radical (unpaired) electrons. The Bertz CT molecular complexity index is 3020. The Hall–Kier alpha value is 0.487. The van der Waals surface area contributed by atoms with Gasteiger partial charge in [-0.25, -0.2) is 0 Å². The predicted octanol–water partition coefficient (Wildman–Crippen LogP) is 34.5. The molecule has 0 N–H and O–H groups in total. The number of fused-ring (bicyclic) bond motifs is 8. The van der Waals surface area contributed by atoms with E-state index in [1.54, 1.807) is 82.2 Å². The van der Waals surface area contributed by atoms with Gasteiger partial charge in [0, 0.05) is 0 Å². The minimum atomic E-state index is -1.76. The van der Waals surface area contributed by atoms with E-state index in [2.05, 4.69) is 236 Å². The third-order valence-electron chi connectivity index (χ3n) is 33.0. The van der Waals surface area contributed by atoms with Crippen molar-refractivity contribution in [2.45, 2.75) is 290 Å². The number of unbranched alkanes of at least 4 members (excludes halogenated alkanes) is 5. The van der Waals surface area contributed by atoms with Crippen LogP contribution in [0.15, 0.2) is 176 Å². The van der Waals surface area contributed by atoms with Crippen LogP contribution in [0.3, 0.4) is 0 Å². The van der Waals surface area contributed by atoms with E-state index in [-0.39, 0.29) is 223 Å². The summed E-state index contributed by atoms with van der Waals surface area (Å²) in [5.41, 5.74) is 8.15. The van der Waals surface area contributed by atoms with Crippen LogP contribution in [0.1, 0.15) is 201 Å². The smallest absolute Gasteiger partial charge is 0.358 e. The second-order valence-electron chi connectivity index (χ2n) is 38.5. The fourth-order valence-electron chi connectivity index (χ4n) is 29.0. The van der Waals surface area contributed by atoms with Crippen molar-refractivity contribution < 1.29 is 104 Å². The van der Waals surface area contributed by atoms with Crippen LogP contribution >= 0.6 is 0 Å². The Morgan fingerprint density at radius 1 is 0.280 bits per heavy atom. The van der Waals surface area contributed by atoms with E-state index in [1.807, 2.05) is 0 Å². The van der Waals surface area contributed by atoms with Crippen molar-refractivity contribution in [1.82, 2.24) is 0 Å². The van der Waals surface area contributed by atoms with Gasteiger partial charge in [-0.15, -0.1) is 0 Å². The molecule has 16 aliphatic carbocycles. The molecule has 1 aromatic rings. The van der Waals surface area contributed by atoms with E-state index in [1.165, 1.54) is 132 Å². The molecule has 17 rings (SSSR count). The molecule has 0 amide bonds. The summed E-state index contributed by atoms with van der Waals surface area (Å²) in [5, 5.41) is 1.79. The van der Waals surface area contributed by atoms with Crippen molar-refractivity contribution in [3.8, 4) is 0 Å². The minimum absolute atomic E-state index is 0. The van der Waals surface area contributed by atoms with Gasteiger partial charge in [0.25, 0.3) is 0 Å². The summed E-state index contributed by atoms with van der Waals surface area (Å²) in [6, 6.07) is 13.6. The molecule has 26 atom stereocenters. The Morgan fingerprint density at radius 2 is 0.559 bits per heavy atom. The van der Waals surface area contributed by atoms with E-state index in [0.717, 1.165) is 128 Å². The molecule has 26 unspecified atom stereocenters. The van der Waals surface area contributed by atoms with Crippen LogP contribution in [0.2, 0.25) is 89.7 Å². The van der Waals surface area contributed by atoms with Gasteiger partial charge < -0.3 is 119 Å². The zero-order chi connectivity index (χ0) is 67.6. The van der Waals surface area contributed by atoms with E-state index < -0.39 is 32.3 Å². The zero-order valence-corrected chi connectivity index (χ0v) is 96.7. The molecule has 1 aromatic carbocycles. The molecular weight excluding hydrogens is 1890 g/mol. The van der Waals surface area contributed by atoms with Gasteiger partial charge in [-0.1, -0.05) is 389 Å². The summed E-state index contributed by atoms with van der Waals surface area (Å²) in [5.74, 6) is 16.3. The molecule has 0 nitrogen and oxygen atoms in total. The van der Waals surface area contributed by atoms with Gasteiger partial charge in [-0.05, 0) is 189 Å². The Kier molecular flexibility index (Phi) is 66.5. The monoisotopic (exact) mass is 2070 g/mol. The average Bonchev–Trinajstić information content (AvgIpc) is 1.52. The fraction of sp³-hybridized carbons (Fsp3) is 0.582. The van der Waals surface area contributed by atoms with Crippen molar-refractivity contribution in [3.63, 3.8) is 0 Å². The van der Waals surface area contributed by atoms with Gasteiger partial charge in [-0.3, -0.25) is 0 Å². The van der Waals surface area contributed by atoms with Gasteiger partial charge in [0.05, 0.1) is 32.3 Å². The maximum absolute atomic E-state index is 2.83. The van der Waals surface area contributed by atoms with Crippen molar-refractivity contribution in [1.29, 1.82) is 0 Å². The predicted molar refractivity (Wildman–Crippen MR) is 541 cm³/mol. The van der Waals surface area contributed by atoms with Crippen molar-refractivity contribution in [3.05, 3.63) is 295 Å². The SMILES string of the molecule is CC1CC2C=CC=CC2C1[Si](C)(C)C1C(C)CC2C=CC=CC21.CCCCCCCC[Si](c1ccccc1)(C1CCC2C=CC=CC21)C1CCC2C=CC=CC21.C[Si](C)(C1CCC2C=CC=CC21)C1CCC2C=CC=CC21.C[Si](C)(C1CCC2CCCCC21)C1CCC2CCCCC21.[CH3-].[CH3-].[CH3-].[CH3-].[CH3-].[CH3-].[CH3-].[CH3-].[CH3-].[CH3-].[CH3-].[CH3-].[CH3-].[CH3-].[CH3-].[CH3-].[Hf+4].[Zr+4].[Zr+4].[Zr+4]. The standard InChI is InChI=1S/C32H44Si.C22H32Si.C20H36Si.C20H28Si.16CH3.Hf.3Zr/c1-2-3-4-5-6-14-25-33(28-17-8-7-9-18-28,31-23-21-26-15-10-12-19-29(26)31)32-24-22-27-16-11-13-20-30(27)32;1-15-13-17-9-5-7-11-19(17)21(15)23(3,4)22-16(2)14-18-10-6-8-12-20(18)22;2*1-21(2,19-13-11-15-7-3-5-9-17(15)19)20-14-12-16-8-4-6-10-18(16)20;;;;;;;;;;;;;;;;;;;;/h7-13,15-20,26-27,29-32H,2-6,14,21-25H2,1H3;5-12,15-22H,13-14H2,1-4H3;15-20H,3-14H2,1-2H3;3-10,15-20H,11-14H2,1-2H3;16*1H3;;;;/q;;;;16*-1;4*+4. The molecule has 0 spiro atoms. The van der Waals surface area contributed by atoms with E-state index >= 15 is 0 Å². The molecule has 0 bridgehead atoms. The van der Waals surface area contributed by atoms with Gasteiger partial charge in [0.15, 0.2) is 0 Å². The van der Waals surface area contributed by atoms with Gasteiger partial charge >= 0.3 is 104 Å². The van der Waals surface area contributed by atoms with Crippen LogP contribution in [-0.4, -0.2) is 32.3 Å². The summed E-state index contributed by atoms with van der Waals surface area (Å²) in [4.78, 5) is 0. The summed E-state index contributed by atoms with van der Waals surface area (Å²) >= 11 is 0. The number of hydrogen-bond donors (Lipinski definition) is 0. The number of hydrogen-bond acceptors (Lipinski definition) is 0. The Morgan fingerprint density at radius 3 is 0.915 bits per heavy atom. The maximum atomic E-state index is 2.83. The van der Waals surface area contributed by atoms with Gasteiger partial charge in [-0.2, -0.15) is 0 Å². The van der Waals surface area contributed by atoms with E-state index in [9.17, 15) is 0 Å². The molecule has 10 fully saturated rings. The van der Waals surface area contributed by atoms with Crippen molar-refractivity contribution >= 4 is 37.5 Å². The van der Waals surface area contributed by atoms with Crippen LogP contribution in [0.4, 0.5) is 0 Å². The molecule has 660 valence electrons. The van der Waals surface area contributed by atoms with Crippen LogP contribution in [0.5, 0.6) is 0 Å². The topological polar surface area (TPSA) is 0 Å². The summed E-state index contributed by atoms with van der Waals surface area (Å²) in [7, 11) is -5.39. The minimum Gasteiger partial charge on any atom is -0.358 e. The molecule has 8 heteroatoms. The third kappa shape index (κ3) is 27.5. The molecule has 10 saturated carbocycles.